The molecule has 0 unspecified atom stereocenters. The normalized spacial score (nSPS) is 20.7. The minimum absolute atomic E-state index is 0.153. The van der Waals surface area contributed by atoms with Gasteiger partial charge in [0, 0.05) is 6.42 Å². The van der Waals surface area contributed by atoms with Crippen LogP contribution in [0.25, 0.3) is 0 Å². The Balaban J connectivity index is 3.37. The van der Waals surface area contributed by atoms with Crippen LogP contribution in [-0.4, -0.2) is 55.0 Å². The number of nitrogens with zero attached hydrogens (tertiary/aromatic N) is 1. The number of rotatable bonds is 5. The molecule has 1 aliphatic rings. The summed E-state index contributed by atoms with van der Waals surface area (Å²) in [7, 11) is -2.42. The molecule has 2 amide bonds. The molecule has 0 saturated carbocycles. The van der Waals surface area contributed by atoms with Crippen LogP contribution >= 0.6 is 0 Å². The lowest BCUT2D eigenvalue weighted by Gasteiger charge is -2.46. The van der Waals surface area contributed by atoms with Crippen molar-refractivity contribution in [2.75, 3.05) is 6.61 Å². The summed E-state index contributed by atoms with van der Waals surface area (Å²) >= 11 is 0. The second kappa shape index (κ2) is 8.14. The van der Waals surface area contributed by atoms with Crippen molar-refractivity contribution >= 4 is 26.3 Å². The predicted octanol–water partition coefficient (Wildman–Crippen LogP) is 4.26. The molecule has 0 aliphatic carbocycles. The Labute approximate surface area is 170 Å². The topological polar surface area (TPSA) is 82.1 Å². The van der Waals surface area contributed by atoms with E-state index in [4.69, 9.17) is 13.9 Å². The minimum Gasteiger partial charge on any atom is -0.464 e. The van der Waals surface area contributed by atoms with Gasteiger partial charge in [0.05, 0.1) is 12.6 Å². The monoisotopic (exact) mass is 415 g/mol. The minimum atomic E-state index is -2.42. The molecule has 0 aromatic heterocycles. The predicted molar refractivity (Wildman–Crippen MR) is 109 cm³/mol. The molecule has 7 nitrogen and oxygen atoms in total. The Hall–Kier alpha value is -1.41. The lowest BCUT2D eigenvalue weighted by atomic mass is 9.94. The van der Waals surface area contributed by atoms with E-state index in [9.17, 15) is 14.4 Å². The Bertz CT molecular complexity index is 619. The smallest absolute Gasteiger partial charge is 0.417 e. The van der Waals surface area contributed by atoms with E-state index in [0.717, 1.165) is 4.90 Å². The first kappa shape index (κ1) is 24.6. The molecule has 162 valence electrons. The van der Waals surface area contributed by atoms with Crippen LogP contribution in [0, 0.1) is 0 Å². The van der Waals surface area contributed by atoms with Crippen LogP contribution < -0.4 is 0 Å². The maximum Gasteiger partial charge on any atom is 0.417 e. The largest absolute Gasteiger partial charge is 0.464 e. The molecule has 2 atom stereocenters. The molecule has 1 saturated heterocycles. The standard InChI is InChI=1S/C20H37NO6Si/c1-11-25-16(23)20(8,27-28(9,10)19(5,6)7)14-12-13-15(22)21(14)17(24)26-18(2,3)4/h14H,11-13H2,1-10H3/t14-,20-/m1/s1. The van der Waals surface area contributed by atoms with Gasteiger partial charge in [-0.1, -0.05) is 20.8 Å². The molecule has 0 N–H and O–H groups in total. The summed E-state index contributed by atoms with van der Waals surface area (Å²) < 4.78 is 17.2. The van der Waals surface area contributed by atoms with Gasteiger partial charge in [-0.2, -0.15) is 0 Å². The van der Waals surface area contributed by atoms with Crippen LogP contribution in [0.5, 0.6) is 0 Å². The number of carbonyl (C=O) groups is 3. The molecule has 28 heavy (non-hydrogen) atoms. The quantitative estimate of drug-likeness (QED) is 0.493. The van der Waals surface area contributed by atoms with Crippen LogP contribution in [0.4, 0.5) is 4.79 Å². The number of hydrogen-bond donors (Lipinski definition) is 0. The van der Waals surface area contributed by atoms with E-state index in [0.29, 0.717) is 6.42 Å². The molecule has 0 aromatic rings. The van der Waals surface area contributed by atoms with Crippen molar-refractivity contribution in [1.82, 2.24) is 4.90 Å². The molecule has 1 heterocycles. The van der Waals surface area contributed by atoms with Gasteiger partial charge in [-0.05, 0) is 59.2 Å². The average molecular weight is 416 g/mol. The summed E-state index contributed by atoms with van der Waals surface area (Å²) in [6.07, 6.45) is -0.281. The first-order valence-corrected chi connectivity index (χ1v) is 12.8. The average Bonchev–Trinajstić information content (AvgIpc) is 2.86. The Kier molecular flexibility index (Phi) is 7.16. The van der Waals surface area contributed by atoms with Crippen LogP contribution in [0.2, 0.25) is 18.1 Å². The SMILES string of the molecule is CCOC(=O)[C@](C)(O[Si](C)(C)C(C)(C)C)[C@H]1CCC(=O)N1C(=O)OC(C)(C)C. The van der Waals surface area contributed by atoms with E-state index in [1.165, 1.54) is 0 Å². The fraction of sp³-hybridized carbons (Fsp3) is 0.850. The molecule has 1 rings (SSSR count). The van der Waals surface area contributed by atoms with Crippen molar-refractivity contribution in [2.45, 2.75) is 104 Å². The first-order chi connectivity index (χ1) is 12.5. The Morgan fingerprint density at radius 2 is 1.64 bits per heavy atom. The van der Waals surface area contributed by atoms with Gasteiger partial charge < -0.3 is 13.9 Å². The summed E-state index contributed by atoms with van der Waals surface area (Å²) in [5, 5.41) is -0.167. The summed E-state index contributed by atoms with van der Waals surface area (Å²) in [5.41, 5.74) is -2.22. The van der Waals surface area contributed by atoms with Crippen molar-refractivity contribution in [1.29, 1.82) is 0 Å². The highest BCUT2D eigenvalue weighted by atomic mass is 28.4. The van der Waals surface area contributed by atoms with Crippen molar-refractivity contribution in [3.63, 3.8) is 0 Å². The van der Waals surface area contributed by atoms with E-state index >= 15 is 0 Å². The van der Waals surface area contributed by atoms with Crippen molar-refractivity contribution in [3.05, 3.63) is 0 Å². The number of esters is 1. The number of amides is 2. The molecule has 0 bridgehead atoms. The Morgan fingerprint density at radius 1 is 1.11 bits per heavy atom. The zero-order valence-electron chi connectivity index (χ0n) is 19.1. The van der Waals surface area contributed by atoms with E-state index < -0.39 is 37.6 Å². The number of imide groups is 1. The van der Waals surface area contributed by atoms with Gasteiger partial charge in [0.1, 0.15) is 5.60 Å². The Morgan fingerprint density at radius 3 is 2.07 bits per heavy atom. The molecule has 0 aromatic carbocycles. The second-order valence-electron chi connectivity index (χ2n) is 9.99. The third-order valence-electron chi connectivity index (χ3n) is 5.39. The molecular weight excluding hydrogens is 378 g/mol. The number of hydrogen-bond acceptors (Lipinski definition) is 6. The van der Waals surface area contributed by atoms with Gasteiger partial charge in [0.2, 0.25) is 5.91 Å². The van der Waals surface area contributed by atoms with Gasteiger partial charge in [-0.15, -0.1) is 0 Å². The third-order valence-corrected chi connectivity index (χ3v) is 9.94. The maximum absolute atomic E-state index is 13.0. The van der Waals surface area contributed by atoms with Gasteiger partial charge in [-0.3, -0.25) is 4.79 Å². The molecule has 8 heteroatoms. The number of carbonyl (C=O) groups excluding carboxylic acids is 3. The highest BCUT2D eigenvalue weighted by Gasteiger charge is 2.57. The van der Waals surface area contributed by atoms with Crippen LogP contribution in [-0.2, 0) is 23.5 Å². The van der Waals surface area contributed by atoms with Crippen LogP contribution in [0.1, 0.15) is 68.2 Å². The molecule has 1 aliphatic heterocycles. The lowest BCUT2D eigenvalue weighted by Crippen LogP contribution is -2.62. The van der Waals surface area contributed by atoms with E-state index in [-0.39, 0.29) is 24.0 Å². The number of likely N-dealkylation sites (tertiary alicyclic amines) is 1. The van der Waals surface area contributed by atoms with E-state index in [1.807, 2.05) is 13.1 Å². The summed E-state index contributed by atoms with van der Waals surface area (Å²) in [6, 6.07) is -0.775. The van der Waals surface area contributed by atoms with Gasteiger partial charge >= 0.3 is 12.1 Å². The highest BCUT2D eigenvalue weighted by Crippen LogP contribution is 2.42. The third kappa shape index (κ3) is 5.35. The van der Waals surface area contributed by atoms with Gasteiger partial charge in [-0.25, -0.2) is 14.5 Å². The van der Waals surface area contributed by atoms with Crippen LogP contribution in [0.15, 0.2) is 0 Å². The highest BCUT2D eigenvalue weighted by molar-refractivity contribution is 6.74. The van der Waals surface area contributed by atoms with Gasteiger partial charge in [0.15, 0.2) is 13.9 Å². The zero-order valence-corrected chi connectivity index (χ0v) is 20.1. The molecule has 0 radical (unpaired) electrons. The van der Waals surface area contributed by atoms with E-state index in [2.05, 4.69) is 20.8 Å². The van der Waals surface area contributed by atoms with Crippen LogP contribution in [0.3, 0.4) is 0 Å². The lowest BCUT2D eigenvalue weighted by molar-refractivity contribution is -0.167. The molecule has 1 fully saturated rings. The number of ether oxygens (including phenoxy) is 2. The zero-order chi connectivity index (χ0) is 22.1. The first-order valence-electron chi connectivity index (χ1n) is 9.88. The summed E-state index contributed by atoms with van der Waals surface area (Å²) in [6.45, 7) is 19.0. The van der Waals surface area contributed by atoms with Crippen molar-refractivity contribution in [3.8, 4) is 0 Å². The second-order valence-corrected chi connectivity index (χ2v) is 14.7. The van der Waals surface area contributed by atoms with Gasteiger partial charge in [0.25, 0.3) is 0 Å². The maximum atomic E-state index is 13.0. The summed E-state index contributed by atoms with van der Waals surface area (Å²) in [4.78, 5) is 39.3. The van der Waals surface area contributed by atoms with Crippen molar-refractivity contribution < 1.29 is 28.3 Å². The molecular formula is C20H37NO6Si. The van der Waals surface area contributed by atoms with Crippen molar-refractivity contribution in [2.24, 2.45) is 0 Å². The fourth-order valence-corrected chi connectivity index (χ4v) is 4.53. The fourth-order valence-electron chi connectivity index (χ4n) is 2.95. The van der Waals surface area contributed by atoms with E-state index in [1.54, 1.807) is 34.6 Å². The molecule has 0 spiro atoms. The summed E-state index contributed by atoms with van der Waals surface area (Å²) in [5.74, 6) is -0.929.